The molecule has 0 spiro atoms. The number of pyridine rings is 1. The largest absolute Gasteiger partial charge is 0.509 e. The Bertz CT molecular complexity index is 4860. The van der Waals surface area contributed by atoms with Crippen LogP contribution in [0.25, 0.3) is 117 Å². The Morgan fingerprint density at radius 3 is 1.72 bits per heavy atom. The zero-order valence-electron chi connectivity index (χ0n) is 51.3. The summed E-state index contributed by atoms with van der Waals surface area (Å²) in [6.45, 7) is 6.57. The normalized spacial score (nSPS) is 13.6. The molecule has 0 fully saturated rings. The van der Waals surface area contributed by atoms with Crippen LogP contribution >= 0.6 is 0 Å². The summed E-state index contributed by atoms with van der Waals surface area (Å²) in [4.78, 5) is 5.05. The number of rotatable bonds is 7. The molecule has 76 heavy (non-hydrogen) atoms. The Balaban J connectivity index is 0.00000686. The van der Waals surface area contributed by atoms with Crippen LogP contribution in [0.4, 0.5) is 0 Å². The number of hydrogen-bond donors (Lipinski definition) is 0. The van der Waals surface area contributed by atoms with Gasteiger partial charge in [0.25, 0.3) is 6.33 Å². The van der Waals surface area contributed by atoms with Gasteiger partial charge in [-0.2, -0.15) is 12.1 Å². The molecular formula is C70H48N4OPt-2. The van der Waals surface area contributed by atoms with Crippen LogP contribution in [-0.4, -0.2) is 14.1 Å². The van der Waals surface area contributed by atoms with Crippen LogP contribution in [0.3, 0.4) is 0 Å². The smallest absolute Gasteiger partial charge is 0.268 e. The van der Waals surface area contributed by atoms with Crippen molar-refractivity contribution < 1.29 is 44.1 Å². The molecule has 5 nitrogen and oxygen atoms in total. The van der Waals surface area contributed by atoms with Crippen molar-refractivity contribution in [2.45, 2.75) is 26.2 Å². The minimum atomic E-state index is -0.579. The van der Waals surface area contributed by atoms with Gasteiger partial charge in [0.15, 0.2) is 0 Å². The molecule has 0 bridgehead atoms. The molecule has 0 N–H and O–H groups in total. The molecule has 0 saturated carbocycles. The molecule has 0 aliphatic heterocycles. The van der Waals surface area contributed by atoms with E-state index in [1.165, 1.54) is 0 Å². The van der Waals surface area contributed by atoms with Gasteiger partial charge in [-0.1, -0.05) is 237 Å². The van der Waals surface area contributed by atoms with Gasteiger partial charge in [0.2, 0.25) is 0 Å². The van der Waals surface area contributed by atoms with Gasteiger partial charge < -0.3 is 13.9 Å². The molecule has 0 atom stereocenters. The van der Waals surface area contributed by atoms with Gasteiger partial charge in [-0.25, -0.2) is 4.98 Å². The molecule has 0 radical (unpaired) electrons. The molecule has 366 valence electrons. The molecule has 14 rings (SSSR count). The monoisotopic (exact) mass is 1170 g/mol. The third-order valence-electron chi connectivity index (χ3n) is 14.1. The van der Waals surface area contributed by atoms with Gasteiger partial charge in [-0.15, -0.1) is 23.8 Å². The van der Waals surface area contributed by atoms with Gasteiger partial charge in [-0.05, 0) is 90.3 Å². The third kappa shape index (κ3) is 7.73. The Morgan fingerprint density at radius 2 is 1.08 bits per heavy atom. The average molecular weight is 1170 g/mol. The van der Waals surface area contributed by atoms with Crippen LogP contribution in [0, 0.1) is 18.5 Å². The van der Waals surface area contributed by atoms with Crippen molar-refractivity contribution in [3.63, 3.8) is 0 Å². The van der Waals surface area contributed by atoms with Gasteiger partial charge >= 0.3 is 0 Å². The predicted molar refractivity (Wildman–Crippen MR) is 305 cm³/mol. The maximum absolute atomic E-state index is 9.17. The summed E-state index contributed by atoms with van der Waals surface area (Å²) in [7, 11) is 0. The van der Waals surface area contributed by atoms with Crippen LogP contribution in [0.2, 0.25) is 0 Å². The van der Waals surface area contributed by atoms with Crippen molar-refractivity contribution in [3.05, 3.63) is 261 Å². The van der Waals surface area contributed by atoms with Crippen molar-refractivity contribution in [1.29, 1.82) is 0 Å². The van der Waals surface area contributed by atoms with E-state index >= 15 is 0 Å². The van der Waals surface area contributed by atoms with Gasteiger partial charge in [0.05, 0.1) is 30.4 Å². The van der Waals surface area contributed by atoms with Crippen LogP contribution in [0.5, 0.6) is 11.5 Å². The van der Waals surface area contributed by atoms with E-state index in [1.807, 2.05) is 60.8 Å². The molecule has 10 aromatic carbocycles. The summed E-state index contributed by atoms with van der Waals surface area (Å²) < 4.78 is 101. The molecule has 0 unspecified atom stereocenters. The first-order valence-electron chi connectivity index (χ1n) is 29.7. The van der Waals surface area contributed by atoms with Crippen molar-refractivity contribution in [2.24, 2.45) is 0 Å². The second-order valence-electron chi connectivity index (χ2n) is 19.5. The van der Waals surface area contributed by atoms with Crippen molar-refractivity contribution in [3.8, 4) is 95.5 Å². The standard InChI is InChI=1S/C70H48N4O.Pt/c1-70(2,3)48-40-41-71-65(42-48)74-60-37-17-16-34-59(60)66-63(74)44-64(67-57-32-14-12-30-55(57)53-28-10-11-29-54(53)56-31-13-15-33-58(56)68(66)67)75-50-27-20-26-49(43-50)72-45-73(62-39-19-18-38-61(62)72)69-51(46-22-6-4-7-23-46)35-21-36-52(69)47-24-8-5-9-25-47;/h4-42H,1-3H3;/q-2;/i4D,5D,6D,7D,8D,9D,22D,23D,24D,25D;. The quantitative estimate of drug-likeness (QED) is 0.118. The maximum Gasteiger partial charge on any atom is 0.268 e. The minimum Gasteiger partial charge on any atom is -0.509 e. The number of aromatic nitrogens is 4. The van der Waals surface area contributed by atoms with Crippen LogP contribution < -0.4 is 9.30 Å². The Morgan fingerprint density at radius 1 is 0.539 bits per heavy atom. The number of hydrogen-bond acceptors (Lipinski definition) is 2. The zero-order valence-corrected chi connectivity index (χ0v) is 43.5. The fraction of sp³-hybridized carbons (Fsp3) is 0.0571. The van der Waals surface area contributed by atoms with Gasteiger partial charge in [-0.3, -0.25) is 4.57 Å². The van der Waals surface area contributed by atoms with E-state index in [4.69, 9.17) is 17.9 Å². The summed E-state index contributed by atoms with van der Waals surface area (Å²) in [6, 6.07) is 57.8. The topological polar surface area (TPSA) is 35.9 Å². The van der Waals surface area contributed by atoms with Crippen LogP contribution in [-0.2, 0) is 26.5 Å². The molecule has 13 aromatic rings. The Kier molecular flexibility index (Phi) is 9.13. The SMILES string of the molecule is [2H]c1c([2H])c([2H])c(-c2cccc(-c3c([2H])c([2H])c([2H])c([2H])c3[2H])c2-[n+]2[c-]n(-c3[c-]c(Oc4[c-]c5c(c6c4-c4ccccc4-c4ccccc4-c4ccccc4-6)c4ccccc4n5-c4cc(C(C)(C)C)ccn4)ccc3)c3ccccc32)c([2H])c1[2H].[Pt]. The third-order valence-corrected chi connectivity index (χ3v) is 14.1. The van der Waals surface area contributed by atoms with E-state index in [0.717, 1.165) is 77.7 Å². The van der Waals surface area contributed by atoms with Crippen LogP contribution in [0.15, 0.2) is 236 Å². The number of nitrogens with zero attached hydrogens (tertiary/aromatic N) is 4. The second-order valence-corrected chi connectivity index (χ2v) is 19.5. The molecule has 3 aromatic heterocycles. The number of benzene rings is 10. The molecule has 1 aliphatic rings. The maximum atomic E-state index is 9.17. The number of para-hydroxylation sites is 4. The van der Waals surface area contributed by atoms with E-state index < -0.39 is 60.4 Å². The summed E-state index contributed by atoms with van der Waals surface area (Å²) in [6.07, 6.45) is 5.36. The Hall–Kier alpha value is -8.89. The first-order chi connectivity index (χ1) is 41.0. The summed E-state index contributed by atoms with van der Waals surface area (Å²) in [5.74, 6) is 1.49. The summed E-state index contributed by atoms with van der Waals surface area (Å²) in [5, 5.41) is 1.99. The number of imidazole rings is 1. The average Bonchev–Trinajstić information content (AvgIpc) is 1.45. The van der Waals surface area contributed by atoms with Gasteiger partial charge in [0.1, 0.15) is 5.82 Å². The molecule has 0 saturated heterocycles. The summed E-state index contributed by atoms with van der Waals surface area (Å²) >= 11 is 0. The van der Waals surface area contributed by atoms with Gasteiger partial charge in [0, 0.05) is 44.3 Å². The first-order valence-corrected chi connectivity index (χ1v) is 24.7. The minimum absolute atomic E-state index is 0. The molecule has 0 amide bonds. The van der Waals surface area contributed by atoms with E-state index in [9.17, 15) is 5.48 Å². The van der Waals surface area contributed by atoms with Crippen molar-refractivity contribution in [1.82, 2.24) is 14.1 Å². The Labute approximate surface area is 470 Å². The molecular weight excluding hydrogens is 1110 g/mol. The fourth-order valence-electron chi connectivity index (χ4n) is 10.8. The van der Waals surface area contributed by atoms with E-state index in [-0.39, 0.29) is 54.4 Å². The molecule has 1 aliphatic carbocycles. The number of fused-ring (bicyclic) bond motifs is 13. The molecule has 6 heteroatoms. The fourth-order valence-corrected chi connectivity index (χ4v) is 10.8. The zero-order chi connectivity index (χ0) is 58.9. The number of ether oxygens (including phenoxy) is 1. The first kappa shape index (κ1) is 36.9. The van der Waals surface area contributed by atoms with Crippen LogP contribution in [0.1, 0.15) is 40.0 Å². The van der Waals surface area contributed by atoms with E-state index in [1.54, 1.807) is 27.3 Å². The summed E-state index contributed by atoms with van der Waals surface area (Å²) in [5.41, 5.74) is 12.3. The van der Waals surface area contributed by atoms with E-state index in [0.29, 0.717) is 28.2 Å². The molecule has 3 heterocycles. The van der Waals surface area contributed by atoms with Crippen molar-refractivity contribution >= 4 is 32.8 Å². The van der Waals surface area contributed by atoms with E-state index in [2.05, 4.69) is 141 Å². The predicted octanol–water partition coefficient (Wildman–Crippen LogP) is 17.2. The second kappa shape index (κ2) is 18.8. The van der Waals surface area contributed by atoms with Crippen molar-refractivity contribution in [2.75, 3.05) is 0 Å².